The first-order valence-corrected chi connectivity index (χ1v) is 7.13. The van der Waals surface area contributed by atoms with Gasteiger partial charge in [-0.15, -0.1) is 11.3 Å². The van der Waals surface area contributed by atoms with Crippen LogP contribution in [-0.4, -0.2) is 5.78 Å². The Morgan fingerprint density at radius 1 is 1.40 bits per heavy atom. The molecule has 0 N–H and O–H groups in total. The van der Waals surface area contributed by atoms with Crippen LogP contribution in [0.2, 0.25) is 0 Å². The molecule has 1 nitrogen and oxygen atoms in total. The van der Waals surface area contributed by atoms with E-state index >= 15 is 0 Å². The van der Waals surface area contributed by atoms with Crippen LogP contribution in [0.15, 0.2) is 15.9 Å². The molecule has 0 amide bonds. The number of hydrogen-bond acceptors (Lipinski definition) is 2. The van der Waals surface area contributed by atoms with Crippen molar-refractivity contribution in [3.05, 3.63) is 20.8 Å². The summed E-state index contributed by atoms with van der Waals surface area (Å²) in [6, 6.07) is 1.96. The summed E-state index contributed by atoms with van der Waals surface area (Å²) in [6.07, 6.45) is 4.56. The van der Waals surface area contributed by atoms with Crippen LogP contribution < -0.4 is 0 Å². The second kappa shape index (κ2) is 4.79. The Balaban J connectivity index is 2.06. The van der Waals surface area contributed by atoms with Crippen molar-refractivity contribution in [1.29, 1.82) is 0 Å². The molecular weight excluding hydrogens is 272 g/mol. The molecule has 82 valence electrons. The normalized spacial score (nSPS) is 26.5. The van der Waals surface area contributed by atoms with Gasteiger partial charge in [-0.25, -0.2) is 0 Å². The highest BCUT2D eigenvalue weighted by Crippen LogP contribution is 2.33. The molecule has 1 aliphatic rings. The molecular formula is C12H15BrOS. The van der Waals surface area contributed by atoms with Crippen LogP contribution >= 0.6 is 27.3 Å². The summed E-state index contributed by atoms with van der Waals surface area (Å²) in [5.74, 6) is 1.43. The number of rotatable bonds is 2. The van der Waals surface area contributed by atoms with Crippen molar-refractivity contribution < 1.29 is 4.79 Å². The van der Waals surface area contributed by atoms with Gasteiger partial charge in [-0.2, -0.15) is 0 Å². The fraction of sp³-hybridized carbons (Fsp3) is 0.583. The maximum atomic E-state index is 12.2. The fourth-order valence-electron chi connectivity index (χ4n) is 2.18. The topological polar surface area (TPSA) is 17.1 Å². The zero-order valence-electron chi connectivity index (χ0n) is 8.83. The lowest BCUT2D eigenvalue weighted by atomic mass is 9.80. The minimum absolute atomic E-state index is 0.274. The quantitative estimate of drug-likeness (QED) is 0.731. The first-order chi connectivity index (χ1) is 7.18. The molecule has 1 aromatic rings. The molecule has 0 spiro atoms. The minimum atomic E-state index is 0.274. The summed E-state index contributed by atoms with van der Waals surface area (Å²) in [7, 11) is 0. The lowest BCUT2D eigenvalue weighted by Crippen LogP contribution is -2.20. The predicted molar refractivity (Wildman–Crippen MR) is 67.5 cm³/mol. The number of ketones is 1. The van der Waals surface area contributed by atoms with Crippen molar-refractivity contribution in [3.63, 3.8) is 0 Å². The number of thiophene rings is 1. The standard InChI is InChI=1S/C12H15BrOS/c1-8-2-4-9(5-3-8)11(14)12-10(13)6-7-15-12/h6-9H,2-5H2,1H3. The van der Waals surface area contributed by atoms with E-state index in [-0.39, 0.29) is 5.92 Å². The van der Waals surface area contributed by atoms with Crippen LogP contribution in [0.4, 0.5) is 0 Å². The molecule has 0 unspecified atom stereocenters. The molecule has 1 heterocycles. The number of carbonyl (C=O) groups is 1. The van der Waals surface area contributed by atoms with Crippen molar-refractivity contribution in [2.45, 2.75) is 32.6 Å². The van der Waals surface area contributed by atoms with E-state index in [9.17, 15) is 4.79 Å². The van der Waals surface area contributed by atoms with Gasteiger partial charge in [-0.3, -0.25) is 4.79 Å². The van der Waals surface area contributed by atoms with Crippen LogP contribution in [0.1, 0.15) is 42.3 Å². The Morgan fingerprint density at radius 2 is 2.07 bits per heavy atom. The highest BCUT2D eigenvalue weighted by atomic mass is 79.9. The first-order valence-electron chi connectivity index (χ1n) is 5.45. The van der Waals surface area contributed by atoms with Crippen molar-refractivity contribution in [2.75, 3.05) is 0 Å². The molecule has 3 heteroatoms. The molecule has 0 aromatic carbocycles. The van der Waals surface area contributed by atoms with Gasteiger partial charge in [0.25, 0.3) is 0 Å². The van der Waals surface area contributed by atoms with Gasteiger partial charge in [0.05, 0.1) is 4.88 Å². The number of carbonyl (C=O) groups excluding carboxylic acids is 1. The molecule has 1 aliphatic carbocycles. The Morgan fingerprint density at radius 3 is 2.60 bits per heavy atom. The van der Waals surface area contributed by atoms with Gasteiger partial charge in [-0.05, 0) is 46.1 Å². The molecule has 0 radical (unpaired) electrons. The Labute approximate surface area is 103 Å². The van der Waals surface area contributed by atoms with E-state index < -0.39 is 0 Å². The summed E-state index contributed by atoms with van der Waals surface area (Å²) < 4.78 is 0.969. The predicted octanol–water partition coefficient (Wildman–Crippen LogP) is 4.52. The second-order valence-corrected chi connectivity index (χ2v) is 6.19. The van der Waals surface area contributed by atoms with Crippen LogP contribution in [0.3, 0.4) is 0 Å². The Kier molecular flexibility index (Phi) is 3.62. The molecule has 1 fully saturated rings. The number of Topliss-reactive ketones (excluding diaryl/α,β-unsaturated/α-hetero) is 1. The van der Waals surface area contributed by atoms with Gasteiger partial charge >= 0.3 is 0 Å². The first kappa shape index (κ1) is 11.3. The molecule has 2 rings (SSSR count). The van der Waals surface area contributed by atoms with E-state index in [4.69, 9.17) is 0 Å². The zero-order valence-corrected chi connectivity index (χ0v) is 11.2. The van der Waals surface area contributed by atoms with Gasteiger partial charge < -0.3 is 0 Å². The summed E-state index contributed by atoms with van der Waals surface area (Å²) in [5, 5.41) is 1.97. The molecule has 15 heavy (non-hydrogen) atoms. The van der Waals surface area contributed by atoms with Crippen LogP contribution in [0.25, 0.3) is 0 Å². The van der Waals surface area contributed by atoms with E-state index in [1.807, 2.05) is 11.4 Å². The van der Waals surface area contributed by atoms with E-state index in [2.05, 4.69) is 22.9 Å². The maximum Gasteiger partial charge on any atom is 0.176 e. The van der Waals surface area contributed by atoms with Crippen molar-refractivity contribution in [2.24, 2.45) is 11.8 Å². The molecule has 1 aromatic heterocycles. The summed E-state index contributed by atoms with van der Waals surface area (Å²) in [4.78, 5) is 13.1. The molecule has 0 saturated heterocycles. The molecule has 0 aliphatic heterocycles. The minimum Gasteiger partial charge on any atom is -0.293 e. The average molecular weight is 287 g/mol. The van der Waals surface area contributed by atoms with Crippen LogP contribution in [0.5, 0.6) is 0 Å². The molecule has 0 atom stereocenters. The fourth-order valence-corrected chi connectivity index (χ4v) is 3.76. The smallest absolute Gasteiger partial charge is 0.176 e. The number of hydrogen-bond donors (Lipinski definition) is 0. The molecule has 1 saturated carbocycles. The van der Waals surface area contributed by atoms with Gasteiger partial charge in [-0.1, -0.05) is 19.8 Å². The largest absolute Gasteiger partial charge is 0.293 e. The Hall–Kier alpha value is -0.150. The van der Waals surface area contributed by atoms with Crippen molar-refractivity contribution >= 4 is 33.0 Å². The van der Waals surface area contributed by atoms with Gasteiger partial charge in [0.2, 0.25) is 0 Å². The lowest BCUT2D eigenvalue weighted by molar-refractivity contribution is 0.0879. The highest BCUT2D eigenvalue weighted by molar-refractivity contribution is 9.10. The zero-order chi connectivity index (χ0) is 10.8. The third-order valence-electron chi connectivity index (χ3n) is 3.23. The summed E-state index contributed by atoms with van der Waals surface area (Å²) >= 11 is 4.99. The lowest BCUT2D eigenvalue weighted by Gasteiger charge is -2.24. The van der Waals surface area contributed by atoms with Gasteiger partial charge in [0.15, 0.2) is 5.78 Å². The van der Waals surface area contributed by atoms with E-state index in [0.717, 1.165) is 28.1 Å². The van der Waals surface area contributed by atoms with Crippen LogP contribution in [0, 0.1) is 11.8 Å². The third kappa shape index (κ3) is 2.51. The molecule has 0 bridgehead atoms. The van der Waals surface area contributed by atoms with Gasteiger partial charge in [0, 0.05) is 10.4 Å². The summed E-state index contributed by atoms with van der Waals surface area (Å²) in [6.45, 7) is 2.28. The maximum absolute atomic E-state index is 12.2. The monoisotopic (exact) mass is 286 g/mol. The van der Waals surface area contributed by atoms with E-state index in [0.29, 0.717) is 5.78 Å². The van der Waals surface area contributed by atoms with E-state index in [1.165, 1.54) is 12.8 Å². The van der Waals surface area contributed by atoms with Gasteiger partial charge in [0.1, 0.15) is 0 Å². The Bertz CT molecular complexity index is 350. The second-order valence-electron chi connectivity index (χ2n) is 4.42. The third-order valence-corrected chi connectivity index (χ3v) is 5.08. The van der Waals surface area contributed by atoms with Crippen molar-refractivity contribution in [1.82, 2.24) is 0 Å². The average Bonchev–Trinajstić information content (AvgIpc) is 2.65. The van der Waals surface area contributed by atoms with E-state index in [1.54, 1.807) is 11.3 Å². The number of halogens is 1. The SMILES string of the molecule is CC1CCC(C(=O)c2sccc2Br)CC1. The summed E-state index contributed by atoms with van der Waals surface area (Å²) in [5.41, 5.74) is 0. The van der Waals surface area contributed by atoms with Crippen molar-refractivity contribution in [3.8, 4) is 0 Å². The highest BCUT2D eigenvalue weighted by Gasteiger charge is 2.26. The van der Waals surface area contributed by atoms with Crippen LogP contribution in [-0.2, 0) is 0 Å².